The van der Waals surface area contributed by atoms with Crippen LogP contribution in [0.1, 0.15) is 16.6 Å². The zero-order chi connectivity index (χ0) is 13.9. The maximum absolute atomic E-state index is 6.22. The van der Waals surface area contributed by atoms with Gasteiger partial charge in [-0.05, 0) is 33.6 Å². The summed E-state index contributed by atoms with van der Waals surface area (Å²) in [4.78, 5) is 4.31. The van der Waals surface area contributed by atoms with Crippen LogP contribution in [0.25, 0.3) is 10.7 Å². The normalized spacial score (nSPS) is 12.3. The molecule has 0 fully saturated rings. The highest BCUT2D eigenvalue weighted by Crippen LogP contribution is 2.31. The number of benzene rings is 1. The second-order valence-electron chi connectivity index (χ2n) is 4.17. The fourth-order valence-electron chi connectivity index (χ4n) is 1.80. The summed E-state index contributed by atoms with van der Waals surface area (Å²) in [7, 11) is 0. The molecule has 0 aliphatic rings. The van der Waals surface area contributed by atoms with E-state index in [0.717, 1.165) is 25.7 Å². The van der Waals surface area contributed by atoms with Crippen molar-refractivity contribution in [1.29, 1.82) is 0 Å². The first kappa shape index (κ1) is 13.4. The molecule has 2 N–H and O–H groups in total. The highest BCUT2D eigenvalue weighted by Gasteiger charge is 2.16. The van der Waals surface area contributed by atoms with Crippen LogP contribution in [-0.4, -0.2) is 15.2 Å². The molecular formula is C14H11BrN4S. The topological polar surface area (TPSA) is 64.7 Å². The summed E-state index contributed by atoms with van der Waals surface area (Å²) >= 11 is 4.93. The number of hydrogen-bond donors (Lipinski definition) is 1. The second-order valence-corrected chi connectivity index (χ2v) is 6.03. The molecule has 0 saturated carbocycles. The van der Waals surface area contributed by atoms with E-state index in [1.165, 1.54) is 11.3 Å². The van der Waals surface area contributed by atoms with Crippen molar-refractivity contribution < 1.29 is 0 Å². The number of hydrogen-bond acceptors (Lipinski definition) is 5. The molecule has 0 aliphatic heterocycles. The Morgan fingerprint density at radius 1 is 1.05 bits per heavy atom. The van der Waals surface area contributed by atoms with Gasteiger partial charge in [0.25, 0.3) is 0 Å². The van der Waals surface area contributed by atoms with Gasteiger partial charge in [-0.3, -0.25) is 4.98 Å². The lowest BCUT2D eigenvalue weighted by molar-refractivity contribution is 0.830. The summed E-state index contributed by atoms with van der Waals surface area (Å²) in [5, 5.41) is 9.93. The lowest BCUT2D eigenvalue weighted by Crippen LogP contribution is -2.11. The summed E-state index contributed by atoms with van der Waals surface area (Å²) in [6.07, 6.45) is 1.73. The van der Waals surface area contributed by atoms with Crippen LogP contribution in [0.15, 0.2) is 53.1 Å². The van der Waals surface area contributed by atoms with E-state index in [-0.39, 0.29) is 6.04 Å². The molecular weight excluding hydrogens is 336 g/mol. The molecule has 0 spiro atoms. The maximum Gasteiger partial charge on any atom is 0.167 e. The lowest BCUT2D eigenvalue weighted by atomic mass is 10.1. The molecule has 1 unspecified atom stereocenters. The van der Waals surface area contributed by atoms with Gasteiger partial charge in [-0.25, -0.2) is 0 Å². The third-order valence-corrected chi connectivity index (χ3v) is 4.48. The van der Waals surface area contributed by atoms with Crippen molar-refractivity contribution in [2.75, 3.05) is 0 Å². The van der Waals surface area contributed by atoms with Crippen LogP contribution in [0.2, 0.25) is 0 Å². The van der Waals surface area contributed by atoms with E-state index in [1.54, 1.807) is 6.20 Å². The number of pyridine rings is 1. The number of nitrogens with zero attached hydrogens (tertiary/aromatic N) is 3. The number of nitrogens with two attached hydrogens (primary N) is 1. The monoisotopic (exact) mass is 346 g/mol. The van der Waals surface area contributed by atoms with Crippen LogP contribution in [0.3, 0.4) is 0 Å². The number of rotatable bonds is 3. The van der Waals surface area contributed by atoms with Gasteiger partial charge in [0.15, 0.2) is 5.01 Å². The fraction of sp³-hybridized carbons (Fsp3) is 0.0714. The summed E-state index contributed by atoms with van der Waals surface area (Å²) in [5.74, 6) is 0. The van der Waals surface area contributed by atoms with Gasteiger partial charge in [0.2, 0.25) is 0 Å². The predicted molar refractivity (Wildman–Crippen MR) is 83.3 cm³/mol. The Hall–Kier alpha value is -1.63. The van der Waals surface area contributed by atoms with Crippen molar-refractivity contribution in [2.24, 2.45) is 5.73 Å². The van der Waals surface area contributed by atoms with Crippen LogP contribution in [-0.2, 0) is 0 Å². The summed E-state index contributed by atoms with van der Waals surface area (Å²) in [6, 6.07) is 13.4. The first-order chi connectivity index (χ1) is 9.75. The molecule has 4 nitrogen and oxygen atoms in total. The summed E-state index contributed by atoms with van der Waals surface area (Å²) in [5.41, 5.74) is 8.03. The summed E-state index contributed by atoms with van der Waals surface area (Å²) < 4.78 is 0.899. The Morgan fingerprint density at radius 2 is 1.85 bits per heavy atom. The maximum atomic E-state index is 6.22. The first-order valence-electron chi connectivity index (χ1n) is 6.00. The van der Waals surface area contributed by atoms with E-state index in [1.807, 2.05) is 42.5 Å². The molecule has 0 bridgehead atoms. The molecule has 2 aromatic heterocycles. The molecule has 6 heteroatoms. The van der Waals surface area contributed by atoms with Crippen LogP contribution in [0, 0.1) is 0 Å². The van der Waals surface area contributed by atoms with Gasteiger partial charge in [0.05, 0.1) is 6.04 Å². The Labute approximate surface area is 128 Å². The van der Waals surface area contributed by atoms with Crippen molar-refractivity contribution in [3.05, 3.63) is 63.7 Å². The SMILES string of the molecule is NC(c1ccccc1)c1nnc(-c2ncccc2Br)s1. The molecule has 1 aromatic carbocycles. The zero-order valence-corrected chi connectivity index (χ0v) is 12.8. The smallest absolute Gasteiger partial charge is 0.167 e. The van der Waals surface area contributed by atoms with Gasteiger partial charge < -0.3 is 5.73 Å². The van der Waals surface area contributed by atoms with E-state index >= 15 is 0 Å². The Bertz CT molecular complexity index is 714. The average Bonchev–Trinajstić information content (AvgIpc) is 2.97. The Kier molecular flexibility index (Phi) is 3.86. The Balaban J connectivity index is 1.93. The minimum Gasteiger partial charge on any atom is -0.318 e. The van der Waals surface area contributed by atoms with Gasteiger partial charge in [-0.1, -0.05) is 41.7 Å². The third kappa shape index (κ3) is 2.63. The molecule has 1 atom stereocenters. The highest BCUT2D eigenvalue weighted by molar-refractivity contribution is 9.10. The van der Waals surface area contributed by atoms with Crippen LogP contribution in [0.5, 0.6) is 0 Å². The predicted octanol–water partition coefficient (Wildman–Crippen LogP) is 3.41. The van der Waals surface area contributed by atoms with E-state index < -0.39 is 0 Å². The van der Waals surface area contributed by atoms with Crippen molar-refractivity contribution in [2.45, 2.75) is 6.04 Å². The van der Waals surface area contributed by atoms with Crippen LogP contribution >= 0.6 is 27.3 Å². The minimum atomic E-state index is -0.259. The third-order valence-electron chi connectivity index (χ3n) is 2.83. The van der Waals surface area contributed by atoms with Crippen LogP contribution in [0.4, 0.5) is 0 Å². The number of aromatic nitrogens is 3. The molecule has 3 rings (SSSR count). The van der Waals surface area contributed by atoms with Gasteiger partial charge in [0.1, 0.15) is 10.7 Å². The van der Waals surface area contributed by atoms with E-state index in [2.05, 4.69) is 31.1 Å². The average molecular weight is 347 g/mol. The molecule has 0 saturated heterocycles. The van der Waals surface area contributed by atoms with Gasteiger partial charge in [-0.2, -0.15) is 0 Å². The van der Waals surface area contributed by atoms with Gasteiger partial charge >= 0.3 is 0 Å². The first-order valence-corrected chi connectivity index (χ1v) is 7.61. The zero-order valence-electron chi connectivity index (χ0n) is 10.4. The molecule has 100 valence electrons. The van der Waals surface area contributed by atoms with Crippen molar-refractivity contribution >= 4 is 27.3 Å². The molecule has 20 heavy (non-hydrogen) atoms. The second kappa shape index (κ2) is 5.78. The van der Waals surface area contributed by atoms with Crippen molar-refractivity contribution in [3.8, 4) is 10.7 Å². The molecule has 0 amide bonds. The van der Waals surface area contributed by atoms with Crippen molar-refractivity contribution in [1.82, 2.24) is 15.2 Å². The van der Waals surface area contributed by atoms with E-state index in [4.69, 9.17) is 5.73 Å². The largest absolute Gasteiger partial charge is 0.318 e. The lowest BCUT2D eigenvalue weighted by Gasteiger charge is -2.06. The minimum absolute atomic E-state index is 0.259. The van der Waals surface area contributed by atoms with E-state index in [0.29, 0.717) is 0 Å². The molecule has 0 aliphatic carbocycles. The van der Waals surface area contributed by atoms with Gasteiger partial charge in [0, 0.05) is 10.7 Å². The quantitative estimate of drug-likeness (QED) is 0.789. The highest BCUT2D eigenvalue weighted by atomic mass is 79.9. The number of halogens is 1. The molecule has 0 radical (unpaired) electrons. The fourth-order valence-corrected chi connectivity index (χ4v) is 3.26. The van der Waals surface area contributed by atoms with Crippen LogP contribution < -0.4 is 5.73 Å². The standard InChI is InChI=1S/C14H11BrN4S/c15-10-7-4-8-17-12(10)14-19-18-13(20-14)11(16)9-5-2-1-3-6-9/h1-8,11H,16H2. The molecule has 2 heterocycles. The van der Waals surface area contributed by atoms with Crippen molar-refractivity contribution in [3.63, 3.8) is 0 Å². The van der Waals surface area contributed by atoms with Gasteiger partial charge in [-0.15, -0.1) is 10.2 Å². The van der Waals surface area contributed by atoms with E-state index in [9.17, 15) is 0 Å². The Morgan fingerprint density at radius 3 is 2.60 bits per heavy atom. The summed E-state index contributed by atoms with van der Waals surface area (Å²) in [6.45, 7) is 0. The molecule has 3 aromatic rings.